The van der Waals surface area contributed by atoms with Gasteiger partial charge in [-0.05, 0) is 29.8 Å². The molecule has 0 atom stereocenters. The van der Waals surface area contributed by atoms with E-state index in [4.69, 9.17) is 0 Å². The number of hydrogen-bond acceptors (Lipinski definition) is 5. The van der Waals surface area contributed by atoms with Gasteiger partial charge in [0.05, 0.1) is 6.42 Å². The Balaban J connectivity index is 0.00000261. The van der Waals surface area contributed by atoms with Crippen LogP contribution < -0.4 is 39.2 Å². The maximum atomic E-state index is 12.4. The summed E-state index contributed by atoms with van der Waals surface area (Å²) in [5.41, 5.74) is 2.17. The van der Waals surface area contributed by atoms with Crippen LogP contribution in [0, 0.1) is 0 Å². The molecule has 1 amide bonds. The number of piperazine rings is 1. The first-order valence-electron chi connectivity index (χ1n) is 8.31. The van der Waals surface area contributed by atoms with E-state index < -0.39 is 10.3 Å². The summed E-state index contributed by atoms with van der Waals surface area (Å²) in [5.74, 6) is 0.121. The molecule has 0 saturated carbocycles. The maximum Gasteiger partial charge on any atom is 1.00 e. The first-order chi connectivity index (χ1) is 12.4. The Bertz CT molecular complexity index is 852. The number of hydrogen-bond donors (Lipinski definition) is 1. The van der Waals surface area contributed by atoms with Crippen molar-refractivity contribution in [2.75, 3.05) is 35.8 Å². The fourth-order valence-electron chi connectivity index (χ4n) is 2.98. The number of anilines is 2. The first kappa shape index (κ1) is 21.7. The zero-order valence-electron chi connectivity index (χ0n) is 15.2. The van der Waals surface area contributed by atoms with E-state index in [2.05, 4.69) is 4.90 Å². The summed E-state index contributed by atoms with van der Waals surface area (Å²) >= 11 is 0. The molecule has 1 fully saturated rings. The van der Waals surface area contributed by atoms with Crippen molar-refractivity contribution in [3.8, 4) is 0 Å². The summed E-state index contributed by atoms with van der Waals surface area (Å²) in [7, 11) is -4.52. The predicted octanol–water partition coefficient (Wildman–Crippen LogP) is -1.55. The second kappa shape index (κ2) is 9.57. The van der Waals surface area contributed by atoms with Crippen molar-refractivity contribution in [1.82, 2.24) is 4.90 Å². The van der Waals surface area contributed by atoms with Crippen molar-refractivity contribution in [1.29, 1.82) is 0 Å². The largest absolute Gasteiger partial charge is 1.00 e. The molecule has 0 unspecified atom stereocenters. The van der Waals surface area contributed by atoms with Gasteiger partial charge in [-0.15, -0.1) is 0 Å². The average molecular weight is 397 g/mol. The number of benzene rings is 2. The predicted molar refractivity (Wildman–Crippen MR) is 98.7 cm³/mol. The number of carbonyl (C=O) groups excluding carboxylic acids is 1. The molecule has 138 valence electrons. The molecule has 2 aromatic carbocycles. The van der Waals surface area contributed by atoms with Crippen LogP contribution in [-0.2, 0) is 21.5 Å². The number of nitrogens with one attached hydrogen (secondary N) is 1. The monoisotopic (exact) mass is 397 g/mol. The molecule has 9 heteroatoms. The summed E-state index contributed by atoms with van der Waals surface area (Å²) in [5, 5.41) is 0. The first-order valence-corrected chi connectivity index (χ1v) is 9.72. The van der Waals surface area contributed by atoms with Crippen LogP contribution >= 0.6 is 0 Å². The molecular weight excluding hydrogens is 377 g/mol. The van der Waals surface area contributed by atoms with Gasteiger partial charge >= 0.3 is 29.6 Å². The average Bonchev–Trinajstić information content (AvgIpc) is 2.62. The van der Waals surface area contributed by atoms with Crippen molar-refractivity contribution < 1.29 is 47.3 Å². The van der Waals surface area contributed by atoms with Crippen LogP contribution in [0.4, 0.5) is 11.4 Å². The molecule has 0 bridgehead atoms. The van der Waals surface area contributed by atoms with Crippen LogP contribution in [0.1, 0.15) is 5.56 Å². The van der Waals surface area contributed by atoms with E-state index in [1.54, 1.807) is 24.3 Å². The van der Waals surface area contributed by atoms with E-state index in [1.165, 1.54) is 0 Å². The van der Waals surface area contributed by atoms with Crippen LogP contribution in [0.3, 0.4) is 0 Å². The molecule has 0 aromatic heterocycles. The molecule has 0 aliphatic carbocycles. The molecule has 1 aliphatic heterocycles. The number of nitrogens with zero attached hydrogens (tertiary/aromatic N) is 2. The maximum absolute atomic E-state index is 12.4. The van der Waals surface area contributed by atoms with Gasteiger partial charge in [-0.25, -0.2) is 8.42 Å². The van der Waals surface area contributed by atoms with E-state index >= 15 is 0 Å². The van der Waals surface area contributed by atoms with Crippen LogP contribution in [0.5, 0.6) is 0 Å². The minimum atomic E-state index is -4.52. The minimum Gasteiger partial charge on any atom is -0.731 e. The van der Waals surface area contributed by atoms with Crippen LogP contribution in [0.2, 0.25) is 0 Å². The molecule has 1 aliphatic rings. The molecule has 3 rings (SSSR count). The molecular formula is C18H20N3NaO4S. The third kappa shape index (κ3) is 6.51. The van der Waals surface area contributed by atoms with Gasteiger partial charge in [-0.1, -0.05) is 30.3 Å². The Morgan fingerprint density at radius 2 is 1.56 bits per heavy atom. The molecule has 7 nitrogen and oxygen atoms in total. The van der Waals surface area contributed by atoms with Gasteiger partial charge in [0, 0.05) is 37.6 Å². The summed E-state index contributed by atoms with van der Waals surface area (Å²) in [6, 6.07) is 16.3. The zero-order chi connectivity index (χ0) is 18.6. The van der Waals surface area contributed by atoms with E-state index in [9.17, 15) is 17.8 Å². The van der Waals surface area contributed by atoms with E-state index in [-0.39, 0.29) is 41.2 Å². The van der Waals surface area contributed by atoms with Crippen LogP contribution in [-0.4, -0.2) is 50.0 Å². The van der Waals surface area contributed by atoms with Gasteiger partial charge < -0.3 is 14.4 Å². The van der Waals surface area contributed by atoms with Crippen molar-refractivity contribution in [2.45, 2.75) is 6.42 Å². The van der Waals surface area contributed by atoms with Gasteiger partial charge in [0.2, 0.25) is 5.91 Å². The summed E-state index contributed by atoms with van der Waals surface area (Å²) in [6.07, 6.45) is 0.408. The summed E-state index contributed by atoms with van der Waals surface area (Å²) < 4.78 is 34.0. The zero-order valence-corrected chi connectivity index (χ0v) is 18.0. The van der Waals surface area contributed by atoms with E-state index in [0.29, 0.717) is 32.6 Å². The normalized spacial score (nSPS) is 14.4. The SMILES string of the molecule is O=C(Cc1ccccc1)N1CCN(c2ccc(NS(=O)(=O)[O-])cc2)CC1.[Na+]. The van der Waals surface area contributed by atoms with Crippen molar-refractivity contribution in [3.05, 3.63) is 60.2 Å². The number of carbonyl (C=O) groups is 1. The molecule has 0 spiro atoms. The molecule has 1 saturated heterocycles. The second-order valence-corrected chi connectivity index (χ2v) is 7.25. The molecule has 2 aromatic rings. The van der Waals surface area contributed by atoms with Gasteiger partial charge in [0.1, 0.15) is 0 Å². The van der Waals surface area contributed by atoms with Crippen molar-refractivity contribution in [2.24, 2.45) is 0 Å². The van der Waals surface area contributed by atoms with Gasteiger partial charge in [-0.2, -0.15) is 0 Å². The van der Waals surface area contributed by atoms with Gasteiger partial charge in [0.25, 0.3) is 0 Å². The van der Waals surface area contributed by atoms with Crippen LogP contribution in [0.25, 0.3) is 0 Å². The summed E-state index contributed by atoms with van der Waals surface area (Å²) in [6.45, 7) is 2.68. The molecule has 1 N–H and O–H groups in total. The van der Waals surface area contributed by atoms with Crippen LogP contribution in [0.15, 0.2) is 54.6 Å². The number of rotatable bonds is 5. The van der Waals surface area contributed by atoms with Crippen molar-refractivity contribution >= 4 is 27.6 Å². The Kier molecular flexibility index (Phi) is 7.69. The topological polar surface area (TPSA) is 92.8 Å². The van der Waals surface area contributed by atoms with Gasteiger partial charge in [0.15, 0.2) is 10.3 Å². The standard InChI is InChI=1S/C18H21N3O4S.Na/c22-18(14-15-4-2-1-3-5-15)21-12-10-20(11-13-21)17-8-6-16(7-9-17)19-26(23,24)25;/h1-9,19H,10-14H2,(H,23,24,25);/q;+1/p-1. The number of amides is 1. The van der Waals surface area contributed by atoms with E-state index in [0.717, 1.165) is 11.3 Å². The fraction of sp³-hybridized carbons (Fsp3) is 0.278. The second-order valence-electron chi connectivity index (χ2n) is 6.13. The Morgan fingerprint density at radius 3 is 2.11 bits per heavy atom. The fourth-order valence-corrected chi connectivity index (χ4v) is 3.41. The van der Waals surface area contributed by atoms with E-state index in [1.807, 2.05) is 40.0 Å². The quantitative estimate of drug-likeness (QED) is 0.487. The molecule has 27 heavy (non-hydrogen) atoms. The minimum absolute atomic E-state index is 0. The Hall–Kier alpha value is -1.58. The molecule has 1 heterocycles. The third-order valence-corrected chi connectivity index (χ3v) is 4.79. The third-order valence-electron chi connectivity index (χ3n) is 4.31. The molecule has 0 radical (unpaired) electrons. The van der Waals surface area contributed by atoms with Crippen molar-refractivity contribution in [3.63, 3.8) is 0 Å². The Labute approximate surface area is 181 Å². The van der Waals surface area contributed by atoms with Gasteiger partial charge in [-0.3, -0.25) is 9.52 Å². The smallest absolute Gasteiger partial charge is 0.731 e. The Morgan fingerprint density at radius 1 is 0.963 bits per heavy atom. The summed E-state index contributed by atoms with van der Waals surface area (Å²) in [4.78, 5) is 16.4.